The van der Waals surface area contributed by atoms with Crippen LogP contribution in [-0.2, 0) is 19.3 Å². The van der Waals surface area contributed by atoms with Crippen LogP contribution in [-0.4, -0.2) is 6.36 Å². The van der Waals surface area contributed by atoms with Crippen LogP contribution in [0.15, 0.2) is 48.5 Å². The van der Waals surface area contributed by atoms with E-state index in [2.05, 4.69) is 42.0 Å². The van der Waals surface area contributed by atoms with Crippen molar-refractivity contribution in [1.82, 2.24) is 0 Å². The number of hydrogen-bond donors (Lipinski definition) is 0. The first kappa shape index (κ1) is 17.6. The van der Waals surface area contributed by atoms with E-state index in [1.807, 2.05) is 0 Å². The molecule has 0 spiro atoms. The van der Waals surface area contributed by atoms with Gasteiger partial charge in [-0.1, -0.05) is 49.8 Å². The van der Waals surface area contributed by atoms with Crippen molar-refractivity contribution in [2.45, 2.75) is 45.4 Å². The number of hydrogen-bond acceptors (Lipinski definition) is 1. The highest BCUT2D eigenvalue weighted by molar-refractivity contribution is 5.71. The summed E-state index contributed by atoms with van der Waals surface area (Å²) in [6, 6.07) is 13.2. The van der Waals surface area contributed by atoms with Gasteiger partial charge in [-0.2, -0.15) is 0 Å². The molecule has 1 aliphatic carbocycles. The lowest BCUT2D eigenvalue weighted by atomic mass is 9.87. The van der Waals surface area contributed by atoms with Gasteiger partial charge in [0.05, 0.1) is 0 Å². The standard InChI is InChI=1S/C21H21F3O/c1-2-3-4-15-5-7-16(8-6-15)17-9-10-19-14-20(25-21(22,23)24)12-11-18(19)13-17/h5-9,11-12,14H,2-4,10,13H2,1H3. The van der Waals surface area contributed by atoms with Gasteiger partial charge in [0, 0.05) is 0 Å². The normalized spacial score (nSPS) is 14.0. The van der Waals surface area contributed by atoms with Gasteiger partial charge in [-0.25, -0.2) is 0 Å². The zero-order valence-corrected chi connectivity index (χ0v) is 14.2. The first-order valence-corrected chi connectivity index (χ1v) is 8.60. The molecule has 0 saturated heterocycles. The summed E-state index contributed by atoms with van der Waals surface area (Å²) in [6.45, 7) is 2.18. The Hall–Kier alpha value is -2.23. The van der Waals surface area contributed by atoms with E-state index >= 15 is 0 Å². The quantitative estimate of drug-likeness (QED) is 0.635. The molecule has 25 heavy (non-hydrogen) atoms. The second kappa shape index (κ2) is 7.34. The molecule has 4 heteroatoms. The van der Waals surface area contributed by atoms with Crippen LogP contribution in [0.3, 0.4) is 0 Å². The van der Waals surface area contributed by atoms with E-state index in [0.717, 1.165) is 24.0 Å². The van der Waals surface area contributed by atoms with Crippen molar-refractivity contribution in [3.05, 3.63) is 70.8 Å². The first-order chi connectivity index (χ1) is 11.9. The Morgan fingerprint density at radius 2 is 1.76 bits per heavy atom. The zero-order chi connectivity index (χ0) is 17.9. The van der Waals surface area contributed by atoms with E-state index < -0.39 is 6.36 Å². The smallest absolute Gasteiger partial charge is 0.406 e. The summed E-state index contributed by atoms with van der Waals surface area (Å²) >= 11 is 0. The Bertz CT molecular complexity index is 758. The number of benzene rings is 2. The lowest BCUT2D eigenvalue weighted by molar-refractivity contribution is -0.274. The van der Waals surface area contributed by atoms with E-state index in [0.29, 0.717) is 6.42 Å². The molecular weight excluding hydrogens is 325 g/mol. The zero-order valence-electron chi connectivity index (χ0n) is 14.2. The van der Waals surface area contributed by atoms with Crippen molar-refractivity contribution in [1.29, 1.82) is 0 Å². The van der Waals surface area contributed by atoms with Gasteiger partial charge < -0.3 is 4.74 Å². The summed E-state index contributed by atoms with van der Waals surface area (Å²) < 4.78 is 41.0. The second-order valence-corrected chi connectivity index (χ2v) is 6.39. The second-order valence-electron chi connectivity index (χ2n) is 6.39. The minimum Gasteiger partial charge on any atom is -0.406 e. The number of allylic oxidation sites excluding steroid dienone is 2. The molecule has 2 aromatic carbocycles. The van der Waals surface area contributed by atoms with Crippen LogP contribution in [0.2, 0.25) is 0 Å². The van der Waals surface area contributed by atoms with Gasteiger partial charge in [0.2, 0.25) is 0 Å². The predicted molar refractivity (Wildman–Crippen MR) is 93.6 cm³/mol. The van der Waals surface area contributed by atoms with Gasteiger partial charge in [0.15, 0.2) is 0 Å². The maximum Gasteiger partial charge on any atom is 0.573 e. The average molecular weight is 346 g/mol. The van der Waals surface area contributed by atoms with Gasteiger partial charge in [0.25, 0.3) is 0 Å². The number of fused-ring (bicyclic) bond motifs is 1. The Balaban J connectivity index is 1.72. The summed E-state index contributed by atoms with van der Waals surface area (Å²) in [5.74, 6) is -0.150. The van der Waals surface area contributed by atoms with Gasteiger partial charge in [-0.05, 0) is 65.6 Å². The van der Waals surface area contributed by atoms with Crippen molar-refractivity contribution >= 4 is 5.57 Å². The third-order valence-electron chi connectivity index (χ3n) is 4.50. The highest BCUT2D eigenvalue weighted by Gasteiger charge is 2.31. The molecule has 0 aromatic heterocycles. The lowest BCUT2D eigenvalue weighted by Crippen LogP contribution is -2.17. The number of rotatable bonds is 5. The summed E-state index contributed by atoms with van der Waals surface area (Å²) in [5, 5.41) is 0. The van der Waals surface area contributed by atoms with E-state index in [9.17, 15) is 13.2 Å². The molecule has 0 fully saturated rings. The molecule has 0 amide bonds. The van der Waals surface area contributed by atoms with E-state index in [1.165, 1.54) is 41.7 Å². The first-order valence-electron chi connectivity index (χ1n) is 8.60. The Morgan fingerprint density at radius 3 is 2.44 bits per heavy atom. The van der Waals surface area contributed by atoms with Gasteiger partial charge in [0.1, 0.15) is 5.75 Å². The van der Waals surface area contributed by atoms with Gasteiger partial charge in [-0.15, -0.1) is 13.2 Å². The van der Waals surface area contributed by atoms with Crippen LogP contribution in [0.1, 0.15) is 42.0 Å². The Labute approximate surface area is 146 Å². The fraction of sp³-hybridized carbons (Fsp3) is 0.333. The minimum atomic E-state index is -4.65. The molecule has 0 bridgehead atoms. The molecule has 3 rings (SSSR count). The van der Waals surface area contributed by atoms with Crippen LogP contribution >= 0.6 is 0 Å². The SMILES string of the molecule is CCCCc1ccc(C2=CCc3cc(OC(F)(F)F)ccc3C2)cc1. The number of alkyl halides is 3. The maximum absolute atomic E-state index is 12.3. The molecule has 1 aliphatic rings. The van der Waals surface area contributed by atoms with Crippen molar-refractivity contribution in [2.75, 3.05) is 0 Å². The molecule has 0 unspecified atom stereocenters. The molecule has 132 valence electrons. The largest absolute Gasteiger partial charge is 0.573 e. The van der Waals surface area contributed by atoms with Crippen LogP contribution < -0.4 is 4.74 Å². The van der Waals surface area contributed by atoms with Crippen LogP contribution in [0.4, 0.5) is 13.2 Å². The number of unbranched alkanes of at least 4 members (excludes halogenated alkanes) is 1. The fourth-order valence-corrected chi connectivity index (χ4v) is 3.16. The lowest BCUT2D eigenvalue weighted by Gasteiger charge is -2.19. The summed E-state index contributed by atoms with van der Waals surface area (Å²) in [6.07, 6.45) is 2.28. The topological polar surface area (TPSA) is 9.23 Å². The highest BCUT2D eigenvalue weighted by atomic mass is 19.4. The third-order valence-corrected chi connectivity index (χ3v) is 4.50. The Kier molecular flexibility index (Phi) is 5.16. The van der Waals surface area contributed by atoms with Crippen molar-refractivity contribution in [3.63, 3.8) is 0 Å². The molecule has 0 N–H and O–H groups in total. The van der Waals surface area contributed by atoms with Crippen LogP contribution in [0.5, 0.6) is 5.75 Å². The Morgan fingerprint density at radius 1 is 1.00 bits per heavy atom. The van der Waals surface area contributed by atoms with Gasteiger partial charge in [-0.3, -0.25) is 0 Å². The van der Waals surface area contributed by atoms with Gasteiger partial charge >= 0.3 is 6.36 Å². The van der Waals surface area contributed by atoms with Crippen molar-refractivity contribution < 1.29 is 17.9 Å². The predicted octanol–water partition coefficient (Wildman–Crippen LogP) is 6.11. The van der Waals surface area contributed by atoms with Crippen molar-refractivity contribution in [2.24, 2.45) is 0 Å². The molecule has 2 aromatic rings. The molecule has 1 nitrogen and oxygen atoms in total. The average Bonchev–Trinajstić information content (AvgIpc) is 2.58. The highest BCUT2D eigenvalue weighted by Crippen LogP contribution is 2.32. The molecule has 0 radical (unpaired) electrons. The molecular formula is C21H21F3O. The van der Waals surface area contributed by atoms with E-state index in [1.54, 1.807) is 6.07 Å². The monoisotopic (exact) mass is 346 g/mol. The van der Waals surface area contributed by atoms with Crippen LogP contribution in [0, 0.1) is 0 Å². The fourth-order valence-electron chi connectivity index (χ4n) is 3.16. The van der Waals surface area contributed by atoms with Crippen molar-refractivity contribution in [3.8, 4) is 5.75 Å². The number of aryl methyl sites for hydroxylation is 1. The molecule has 0 atom stereocenters. The number of halogens is 3. The molecule has 0 aliphatic heterocycles. The van der Waals surface area contributed by atoms with Crippen LogP contribution in [0.25, 0.3) is 5.57 Å². The van der Waals surface area contributed by atoms with E-state index in [4.69, 9.17) is 0 Å². The minimum absolute atomic E-state index is 0.150. The maximum atomic E-state index is 12.3. The van der Waals surface area contributed by atoms with E-state index in [-0.39, 0.29) is 5.75 Å². The third kappa shape index (κ3) is 4.65. The molecule has 0 heterocycles. The number of ether oxygens (including phenoxy) is 1. The summed E-state index contributed by atoms with van der Waals surface area (Å²) in [5.41, 5.74) is 5.70. The summed E-state index contributed by atoms with van der Waals surface area (Å²) in [7, 11) is 0. The summed E-state index contributed by atoms with van der Waals surface area (Å²) in [4.78, 5) is 0. The molecule has 0 saturated carbocycles.